The maximum atomic E-state index is 11.4. The highest BCUT2D eigenvalue weighted by Crippen LogP contribution is 2.14. The van der Waals surface area contributed by atoms with Gasteiger partial charge in [-0.1, -0.05) is 5.10 Å². The van der Waals surface area contributed by atoms with Crippen molar-refractivity contribution in [3.63, 3.8) is 0 Å². The molecule has 1 amide bonds. The number of furan rings is 1. The first-order chi connectivity index (χ1) is 6.75. The Labute approximate surface area is 86.0 Å². The van der Waals surface area contributed by atoms with Crippen LogP contribution in [-0.4, -0.2) is 26.5 Å². The van der Waals surface area contributed by atoms with E-state index in [0.29, 0.717) is 4.67 Å². The van der Waals surface area contributed by atoms with E-state index in [-0.39, 0.29) is 11.7 Å². The van der Waals surface area contributed by atoms with Crippen molar-refractivity contribution in [2.75, 3.05) is 5.32 Å². The molecule has 0 bridgehead atoms. The van der Waals surface area contributed by atoms with Gasteiger partial charge in [-0.05, 0) is 33.3 Å². The predicted octanol–water partition coefficient (Wildman–Crippen LogP) is 0.807. The van der Waals surface area contributed by atoms with Crippen LogP contribution in [0.15, 0.2) is 21.2 Å². The van der Waals surface area contributed by atoms with Crippen molar-refractivity contribution < 1.29 is 9.21 Å². The summed E-state index contributed by atoms with van der Waals surface area (Å²) >= 11 is 3.08. The van der Waals surface area contributed by atoms with Gasteiger partial charge < -0.3 is 4.42 Å². The van der Waals surface area contributed by atoms with Crippen LogP contribution in [0.25, 0.3) is 0 Å². The highest BCUT2D eigenvalue weighted by molar-refractivity contribution is 9.10. The van der Waals surface area contributed by atoms with Gasteiger partial charge in [-0.15, -0.1) is 5.10 Å². The third-order valence-corrected chi connectivity index (χ3v) is 1.79. The molecule has 0 fully saturated rings. The van der Waals surface area contributed by atoms with Gasteiger partial charge >= 0.3 is 0 Å². The Morgan fingerprint density at radius 3 is 3.00 bits per heavy atom. The lowest BCUT2D eigenvalue weighted by Gasteiger charge is -1.94. The van der Waals surface area contributed by atoms with Crippen LogP contribution >= 0.6 is 15.9 Å². The molecule has 0 aliphatic rings. The number of halogens is 1. The van der Waals surface area contributed by atoms with Crippen LogP contribution in [0.4, 0.5) is 5.95 Å². The first-order valence-corrected chi connectivity index (χ1v) is 4.35. The molecule has 2 aromatic rings. The van der Waals surface area contributed by atoms with Gasteiger partial charge in [0, 0.05) is 0 Å². The van der Waals surface area contributed by atoms with Gasteiger partial charge in [-0.25, -0.2) is 0 Å². The number of aromatic nitrogens is 4. The second-order valence-electron chi connectivity index (χ2n) is 2.29. The monoisotopic (exact) mass is 257 g/mol. The minimum atomic E-state index is -0.433. The van der Waals surface area contributed by atoms with Crippen LogP contribution < -0.4 is 5.32 Å². The Hall–Kier alpha value is -1.70. The van der Waals surface area contributed by atoms with Crippen LogP contribution in [-0.2, 0) is 0 Å². The molecule has 7 nitrogen and oxygen atoms in total. The average molecular weight is 258 g/mol. The van der Waals surface area contributed by atoms with E-state index in [1.54, 1.807) is 6.07 Å². The summed E-state index contributed by atoms with van der Waals surface area (Å²) in [5.41, 5.74) is 0. The van der Waals surface area contributed by atoms with Gasteiger partial charge in [-0.2, -0.15) is 5.21 Å². The van der Waals surface area contributed by atoms with Crippen LogP contribution in [0.3, 0.4) is 0 Å². The molecule has 0 saturated carbocycles. The molecule has 0 unspecified atom stereocenters. The van der Waals surface area contributed by atoms with E-state index in [1.165, 1.54) is 6.07 Å². The Bertz CT molecular complexity index is 437. The van der Waals surface area contributed by atoms with Gasteiger partial charge in [0.2, 0.25) is 0 Å². The molecule has 0 aromatic carbocycles. The van der Waals surface area contributed by atoms with E-state index < -0.39 is 5.91 Å². The highest BCUT2D eigenvalue weighted by atomic mass is 79.9. The number of rotatable bonds is 2. The molecule has 14 heavy (non-hydrogen) atoms. The number of nitrogens with one attached hydrogen (secondary N) is 2. The number of amides is 1. The van der Waals surface area contributed by atoms with Crippen molar-refractivity contribution in [3.8, 4) is 0 Å². The van der Waals surface area contributed by atoms with Crippen molar-refractivity contribution in [3.05, 3.63) is 22.6 Å². The van der Waals surface area contributed by atoms with Gasteiger partial charge in [-0.3, -0.25) is 10.1 Å². The maximum absolute atomic E-state index is 11.4. The first-order valence-electron chi connectivity index (χ1n) is 3.56. The number of H-pyrrole nitrogens is 1. The van der Waals surface area contributed by atoms with Gasteiger partial charge in [0.15, 0.2) is 10.4 Å². The second-order valence-corrected chi connectivity index (χ2v) is 3.07. The van der Waals surface area contributed by atoms with E-state index >= 15 is 0 Å². The summed E-state index contributed by atoms with van der Waals surface area (Å²) in [6.45, 7) is 0. The maximum Gasteiger partial charge on any atom is 0.293 e. The van der Waals surface area contributed by atoms with Crippen LogP contribution in [0, 0.1) is 0 Å². The lowest BCUT2D eigenvalue weighted by atomic mass is 10.4. The normalized spacial score (nSPS) is 10.1. The number of hydrogen-bond acceptors (Lipinski definition) is 5. The summed E-state index contributed by atoms with van der Waals surface area (Å²) in [6, 6.07) is 3.14. The molecule has 8 heteroatoms. The number of carbonyl (C=O) groups excluding carboxylic acids is 1. The Balaban J connectivity index is 2.10. The molecule has 2 N–H and O–H groups in total. The third kappa shape index (κ3) is 1.79. The fourth-order valence-electron chi connectivity index (χ4n) is 0.814. The Morgan fingerprint density at radius 1 is 1.57 bits per heavy atom. The van der Waals surface area contributed by atoms with Crippen molar-refractivity contribution in [1.82, 2.24) is 20.6 Å². The standard InChI is InChI=1S/C6H4BrN5O2/c7-4-2-1-3(14-4)5(13)8-6-9-11-12-10-6/h1-2H,(H2,8,9,10,11,12,13). The summed E-state index contributed by atoms with van der Waals surface area (Å²) < 4.78 is 5.49. The summed E-state index contributed by atoms with van der Waals surface area (Å²) in [6.07, 6.45) is 0. The molecule has 0 spiro atoms. The molecule has 2 aromatic heterocycles. The van der Waals surface area contributed by atoms with E-state index in [9.17, 15) is 4.79 Å². The lowest BCUT2D eigenvalue weighted by Crippen LogP contribution is -2.11. The Morgan fingerprint density at radius 2 is 2.43 bits per heavy atom. The number of hydrogen-bond donors (Lipinski definition) is 2. The molecule has 2 rings (SSSR count). The number of nitrogens with zero attached hydrogens (tertiary/aromatic N) is 3. The molecule has 2 heterocycles. The fourth-order valence-corrected chi connectivity index (χ4v) is 1.12. The minimum Gasteiger partial charge on any atom is -0.444 e. The molecule has 0 aliphatic heterocycles. The van der Waals surface area contributed by atoms with Gasteiger partial charge in [0.05, 0.1) is 0 Å². The zero-order valence-electron chi connectivity index (χ0n) is 6.69. The summed E-state index contributed by atoms with van der Waals surface area (Å²) in [4.78, 5) is 11.4. The topological polar surface area (TPSA) is 96.7 Å². The summed E-state index contributed by atoms with van der Waals surface area (Å²) in [7, 11) is 0. The second kappa shape index (κ2) is 3.58. The smallest absolute Gasteiger partial charge is 0.293 e. The number of tetrazole rings is 1. The van der Waals surface area contributed by atoms with Crippen molar-refractivity contribution >= 4 is 27.8 Å². The molecular formula is C6H4BrN5O2. The van der Waals surface area contributed by atoms with Gasteiger partial charge in [0.25, 0.3) is 11.9 Å². The van der Waals surface area contributed by atoms with Crippen LogP contribution in [0.1, 0.15) is 10.6 Å². The molecular weight excluding hydrogens is 254 g/mol. The van der Waals surface area contributed by atoms with E-state index in [0.717, 1.165) is 0 Å². The lowest BCUT2D eigenvalue weighted by molar-refractivity contribution is 0.0994. The van der Waals surface area contributed by atoms with Crippen molar-refractivity contribution in [2.24, 2.45) is 0 Å². The summed E-state index contributed by atoms with van der Waals surface area (Å²) in [5, 5.41) is 15.0. The predicted molar refractivity (Wildman–Crippen MR) is 48.5 cm³/mol. The zero-order valence-corrected chi connectivity index (χ0v) is 8.28. The number of anilines is 1. The van der Waals surface area contributed by atoms with Gasteiger partial charge in [0.1, 0.15) is 0 Å². The van der Waals surface area contributed by atoms with Crippen LogP contribution in [0.5, 0.6) is 0 Å². The van der Waals surface area contributed by atoms with E-state index in [4.69, 9.17) is 4.42 Å². The van der Waals surface area contributed by atoms with Crippen molar-refractivity contribution in [1.29, 1.82) is 0 Å². The SMILES string of the molecule is O=C(Nc1nn[nH]n1)c1ccc(Br)o1. The largest absolute Gasteiger partial charge is 0.444 e. The Kier molecular flexibility index (Phi) is 2.27. The number of carbonyl (C=O) groups is 1. The van der Waals surface area contributed by atoms with E-state index in [1.807, 2.05) is 0 Å². The molecule has 0 aliphatic carbocycles. The zero-order chi connectivity index (χ0) is 9.97. The molecule has 72 valence electrons. The quantitative estimate of drug-likeness (QED) is 0.830. The third-order valence-electron chi connectivity index (χ3n) is 1.37. The molecule has 0 atom stereocenters. The van der Waals surface area contributed by atoms with E-state index in [2.05, 4.69) is 41.9 Å². The molecule has 0 saturated heterocycles. The average Bonchev–Trinajstić information content (AvgIpc) is 2.75. The number of aromatic amines is 1. The van der Waals surface area contributed by atoms with Crippen molar-refractivity contribution in [2.45, 2.75) is 0 Å². The van der Waals surface area contributed by atoms with Crippen LogP contribution in [0.2, 0.25) is 0 Å². The first kappa shape index (κ1) is 8.88. The summed E-state index contributed by atoms with van der Waals surface area (Å²) in [5.74, 6) is -0.165. The minimum absolute atomic E-state index is 0.0996. The fraction of sp³-hybridized carbons (Fsp3) is 0. The highest BCUT2D eigenvalue weighted by Gasteiger charge is 2.12. The molecule has 0 radical (unpaired) electrons.